The van der Waals surface area contributed by atoms with Crippen molar-refractivity contribution in [3.63, 3.8) is 0 Å². The summed E-state index contributed by atoms with van der Waals surface area (Å²) in [5.41, 5.74) is 2.35. The normalized spacial score (nSPS) is 14.0. The van der Waals surface area contributed by atoms with Crippen LogP contribution in [0, 0.1) is 5.92 Å². The molecule has 34 heavy (non-hydrogen) atoms. The fourth-order valence-corrected chi connectivity index (χ4v) is 4.51. The highest BCUT2D eigenvalue weighted by Gasteiger charge is 2.20. The van der Waals surface area contributed by atoms with Crippen molar-refractivity contribution in [2.24, 2.45) is 5.92 Å². The summed E-state index contributed by atoms with van der Waals surface area (Å²) in [6.07, 6.45) is 6.76. The van der Waals surface area contributed by atoms with E-state index in [0.717, 1.165) is 32.4 Å². The Labute approximate surface area is 209 Å². The zero-order chi connectivity index (χ0) is 23.9. The zero-order valence-corrected chi connectivity index (χ0v) is 20.1. The number of piperidine rings is 1. The highest BCUT2D eigenvalue weighted by atomic mass is 35.5. The van der Waals surface area contributed by atoms with Crippen molar-refractivity contribution in [1.82, 2.24) is 10.3 Å². The fourth-order valence-electron chi connectivity index (χ4n) is 4.12. The molecule has 8 heteroatoms. The van der Waals surface area contributed by atoms with Gasteiger partial charge in [-0.1, -0.05) is 35.3 Å². The van der Waals surface area contributed by atoms with E-state index in [-0.39, 0.29) is 11.8 Å². The number of nitrogens with zero attached hydrogens (tertiary/aromatic N) is 2. The van der Waals surface area contributed by atoms with Gasteiger partial charge in [-0.2, -0.15) is 0 Å². The van der Waals surface area contributed by atoms with Gasteiger partial charge < -0.3 is 15.5 Å². The first-order chi connectivity index (χ1) is 16.5. The molecular weight excluding hydrogens is 471 g/mol. The molecule has 0 atom stereocenters. The molecule has 2 aromatic carbocycles. The van der Waals surface area contributed by atoms with Gasteiger partial charge >= 0.3 is 0 Å². The molecular formula is C26H26Cl2N4O2. The number of carbonyl (C=O) groups is 2. The number of rotatable bonds is 7. The highest BCUT2D eigenvalue weighted by Crippen LogP contribution is 2.26. The lowest BCUT2D eigenvalue weighted by atomic mass is 9.93. The van der Waals surface area contributed by atoms with E-state index in [4.69, 9.17) is 23.2 Å². The lowest BCUT2D eigenvalue weighted by molar-refractivity contribution is 0.0949. The van der Waals surface area contributed by atoms with Crippen molar-refractivity contribution in [1.29, 1.82) is 0 Å². The molecule has 0 radical (unpaired) electrons. The van der Waals surface area contributed by atoms with Gasteiger partial charge in [0.15, 0.2) is 0 Å². The molecule has 0 bridgehead atoms. The summed E-state index contributed by atoms with van der Waals surface area (Å²) in [7, 11) is 0. The maximum atomic E-state index is 12.7. The van der Waals surface area contributed by atoms with Gasteiger partial charge in [-0.25, -0.2) is 0 Å². The lowest BCUT2D eigenvalue weighted by Crippen LogP contribution is -2.35. The van der Waals surface area contributed by atoms with Gasteiger partial charge in [0, 0.05) is 43.3 Å². The van der Waals surface area contributed by atoms with E-state index in [2.05, 4.69) is 20.5 Å². The van der Waals surface area contributed by atoms with Gasteiger partial charge in [0.2, 0.25) is 0 Å². The molecule has 3 aromatic rings. The van der Waals surface area contributed by atoms with E-state index in [1.807, 2.05) is 24.5 Å². The molecule has 0 spiro atoms. The number of pyridine rings is 1. The summed E-state index contributed by atoms with van der Waals surface area (Å²) in [6.45, 7) is 2.62. The van der Waals surface area contributed by atoms with Crippen LogP contribution in [0.25, 0.3) is 0 Å². The van der Waals surface area contributed by atoms with Crippen molar-refractivity contribution in [2.75, 3.05) is 29.9 Å². The third-order valence-corrected chi connectivity index (χ3v) is 6.73. The van der Waals surface area contributed by atoms with Crippen LogP contribution in [0.15, 0.2) is 67.0 Å². The van der Waals surface area contributed by atoms with Gasteiger partial charge in [0.25, 0.3) is 11.8 Å². The Hall–Kier alpha value is -3.09. The average molecular weight is 497 g/mol. The van der Waals surface area contributed by atoms with Crippen LogP contribution in [-0.4, -0.2) is 36.4 Å². The van der Waals surface area contributed by atoms with Crippen LogP contribution in [-0.2, 0) is 0 Å². The molecule has 4 rings (SSSR count). The molecule has 2 amide bonds. The number of hydrogen-bond donors (Lipinski definition) is 2. The van der Waals surface area contributed by atoms with Crippen molar-refractivity contribution < 1.29 is 9.59 Å². The molecule has 0 saturated carbocycles. The number of benzene rings is 2. The van der Waals surface area contributed by atoms with Crippen molar-refractivity contribution in [3.05, 3.63) is 88.2 Å². The van der Waals surface area contributed by atoms with Crippen LogP contribution >= 0.6 is 23.2 Å². The first-order valence-electron chi connectivity index (χ1n) is 11.3. The smallest absolute Gasteiger partial charge is 0.257 e. The maximum Gasteiger partial charge on any atom is 0.257 e. The van der Waals surface area contributed by atoms with Crippen molar-refractivity contribution in [2.45, 2.75) is 19.3 Å². The number of anilines is 2. The molecule has 1 aliphatic heterocycles. The summed E-state index contributed by atoms with van der Waals surface area (Å²) in [5.74, 6) is -0.00336. The standard InChI is InChI=1S/C26H26Cl2N4O2/c27-22-4-2-1-3-21(22)26(34)31-24-17-19(5-6-23(24)28)25(33)30-14-7-18-10-15-32(16-11-18)20-8-12-29-13-9-20/h1-6,8-9,12-13,17-18H,7,10-11,14-16H2,(H,30,33)(H,31,34). The first-order valence-corrected chi connectivity index (χ1v) is 12.1. The Morgan fingerprint density at radius 1 is 0.941 bits per heavy atom. The molecule has 6 nitrogen and oxygen atoms in total. The van der Waals surface area contributed by atoms with Gasteiger partial charge in [-0.05, 0) is 67.6 Å². The summed E-state index contributed by atoms with van der Waals surface area (Å²) < 4.78 is 0. The van der Waals surface area contributed by atoms with Gasteiger partial charge in [0.05, 0.1) is 21.3 Å². The summed E-state index contributed by atoms with van der Waals surface area (Å²) in [5, 5.41) is 6.43. The van der Waals surface area contributed by atoms with E-state index in [0.29, 0.717) is 39.3 Å². The van der Waals surface area contributed by atoms with E-state index in [9.17, 15) is 9.59 Å². The minimum Gasteiger partial charge on any atom is -0.371 e. The average Bonchev–Trinajstić information content (AvgIpc) is 2.86. The zero-order valence-electron chi connectivity index (χ0n) is 18.6. The molecule has 176 valence electrons. The Bertz CT molecular complexity index is 1150. The predicted molar refractivity (Wildman–Crippen MR) is 137 cm³/mol. The highest BCUT2D eigenvalue weighted by molar-refractivity contribution is 6.36. The number of amides is 2. The lowest BCUT2D eigenvalue weighted by Gasteiger charge is -2.33. The number of nitrogens with one attached hydrogen (secondary N) is 2. The molecule has 1 aromatic heterocycles. The minimum absolute atomic E-state index is 0.195. The van der Waals surface area contributed by atoms with Crippen LogP contribution in [0.4, 0.5) is 11.4 Å². The van der Waals surface area contributed by atoms with E-state index in [1.165, 1.54) is 5.69 Å². The Kier molecular flexibility index (Phi) is 8.03. The molecule has 1 fully saturated rings. The number of halogens is 2. The second kappa shape index (κ2) is 11.4. The summed E-state index contributed by atoms with van der Waals surface area (Å²) in [4.78, 5) is 31.7. The van der Waals surface area contributed by atoms with Crippen LogP contribution in [0.3, 0.4) is 0 Å². The quantitative estimate of drug-likeness (QED) is 0.441. The Balaban J connectivity index is 1.27. The van der Waals surface area contributed by atoms with Crippen LogP contribution in [0.1, 0.15) is 40.0 Å². The first kappa shape index (κ1) is 24.0. The molecule has 2 heterocycles. The summed E-state index contributed by atoms with van der Waals surface area (Å²) in [6, 6.07) is 15.7. The third-order valence-electron chi connectivity index (χ3n) is 6.08. The molecule has 1 aliphatic rings. The molecule has 0 aliphatic carbocycles. The van der Waals surface area contributed by atoms with Gasteiger partial charge in [0.1, 0.15) is 0 Å². The SMILES string of the molecule is O=C(NCCC1CCN(c2ccncc2)CC1)c1ccc(Cl)c(NC(=O)c2ccccc2Cl)c1. The molecule has 1 saturated heterocycles. The van der Waals surface area contributed by atoms with Gasteiger partial charge in [-0.15, -0.1) is 0 Å². The predicted octanol–water partition coefficient (Wildman–Crippen LogP) is 5.68. The van der Waals surface area contributed by atoms with Crippen LogP contribution in [0.5, 0.6) is 0 Å². The largest absolute Gasteiger partial charge is 0.371 e. The Morgan fingerprint density at radius 2 is 1.68 bits per heavy atom. The van der Waals surface area contributed by atoms with E-state index in [1.54, 1.807) is 42.5 Å². The van der Waals surface area contributed by atoms with Crippen molar-refractivity contribution in [3.8, 4) is 0 Å². The number of hydrogen-bond acceptors (Lipinski definition) is 4. The monoisotopic (exact) mass is 496 g/mol. The minimum atomic E-state index is -0.386. The second-order valence-corrected chi connectivity index (χ2v) is 9.12. The van der Waals surface area contributed by atoms with Gasteiger partial charge in [-0.3, -0.25) is 14.6 Å². The second-order valence-electron chi connectivity index (χ2n) is 8.31. The maximum absolute atomic E-state index is 12.7. The molecule has 2 N–H and O–H groups in total. The summed E-state index contributed by atoms with van der Waals surface area (Å²) >= 11 is 12.4. The molecule has 0 unspecified atom stereocenters. The number of carbonyl (C=O) groups excluding carboxylic acids is 2. The third kappa shape index (κ3) is 6.07. The van der Waals surface area contributed by atoms with E-state index >= 15 is 0 Å². The fraction of sp³-hybridized carbons (Fsp3) is 0.269. The van der Waals surface area contributed by atoms with E-state index < -0.39 is 0 Å². The Morgan fingerprint density at radius 3 is 2.41 bits per heavy atom. The number of aromatic nitrogens is 1. The van der Waals surface area contributed by atoms with Crippen molar-refractivity contribution >= 4 is 46.4 Å². The topological polar surface area (TPSA) is 74.3 Å². The van der Waals surface area contributed by atoms with Crippen LogP contribution < -0.4 is 15.5 Å². The van der Waals surface area contributed by atoms with Crippen LogP contribution in [0.2, 0.25) is 10.0 Å².